The van der Waals surface area contributed by atoms with Gasteiger partial charge in [-0.15, -0.1) is 0 Å². The number of hydrogen-bond acceptors (Lipinski definition) is 4. The van der Waals surface area contributed by atoms with Gasteiger partial charge in [-0.25, -0.2) is 9.07 Å². The third kappa shape index (κ3) is 3.40. The number of rotatable bonds is 5. The molecule has 30 heavy (non-hydrogen) atoms. The van der Waals surface area contributed by atoms with E-state index in [0.29, 0.717) is 35.0 Å². The maximum absolute atomic E-state index is 14.2. The number of halogens is 1. The van der Waals surface area contributed by atoms with E-state index in [1.807, 2.05) is 23.1 Å². The lowest BCUT2D eigenvalue weighted by Gasteiger charge is -2.25. The van der Waals surface area contributed by atoms with Crippen LogP contribution in [0.15, 0.2) is 48.7 Å². The summed E-state index contributed by atoms with van der Waals surface area (Å²) in [5.41, 5.74) is 2.42. The van der Waals surface area contributed by atoms with Crippen LogP contribution in [0.25, 0.3) is 5.69 Å². The van der Waals surface area contributed by atoms with Crippen molar-refractivity contribution in [3.63, 3.8) is 0 Å². The van der Waals surface area contributed by atoms with Crippen LogP contribution in [-0.4, -0.2) is 41.4 Å². The highest BCUT2D eigenvalue weighted by molar-refractivity contribution is 5.95. The Hall–Kier alpha value is -3.35. The predicted molar refractivity (Wildman–Crippen MR) is 111 cm³/mol. The Morgan fingerprint density at radius 1 is 1.13 bits per heavy atom. The lowest BCUT2D eigenvalue weighted by Crippen LogP contribution is -2.31. The lowest BCUT2D eigenvalue weighted by molar-refractivity contribution is 0.0734. The summed E-state index contributed by atoms with van der Waals surface area (Å²) in [6, 6.07) is 12.1. The highest BCUT2D eigenvalue weighted by Crippen LogP contribution is 2.37. The average Bonchev–Trinajstić information content (AvgIpc) is 3.40. The minimum Gasteiger partial charge on any atom is -0.493 e. The molecule has 4 rings (SSSR count). The monoisotopic (exact) mass is 409 g/mol. The zero-order valence-corrected chi connectivity index (χ0v) is 17.3. The third-order valence-corrected chi connectivity index (χ3v) is 5.63. The van der Waals surface area contributed by atoms with E-state index in [-0.39, 0.29) is 17.8 Å². The molecule has 7 heteroatoms. The fourth-order valence-corrected chi connectivity index (χ4v) is 4.06. The molecule has 2 aromatic carbocycles. The molecule has 0 radical (unpaired) electrons. The maximum Gasteiger partial charge on any atom is 0.257 e. The molecule has 0 aliphatic carbocycles. The number of methoxy groups -OCH3 is 2. The molecule has 156 valence electrons. The lowest BCUT2D eigenvalue weighted by atomic mass is 10.0. The standard InChI is InChI=1S/C23H24FN3O3/c1-15-17(14-25-27(15)20-8-5-4-7-18(20)24)23(28)26-12-6-9-19(26)16-10-11-21(29-2)22(13-16)30-3/h4-5,7-8,10-11,13-14,19H,6,9,12H2,1-3H3. The molecule has 1 atom stereocenters. The molecule has 3 aromatic rings. The van der Waals surface area contributed by atoms with Gasteiger partial charge >= 0.3 is 0 Å². The number of benzene rings is 2. The summed E-state index contributed by atoms with van der Waals surface area (Å²) in [6.07, 6.45) is 3.29. The molecular weight excluding hydrogens is 385 g/mol. The van der Waals surface area contributed by atoms with E-state index in [9.17, 15) is 9.18 Å². The molecule has 1 amide bonds. The number of amides is 1. The van der Waals surface area contributed by atoms with Gasteiger partial charge in [-0.3, -0.25) is 4.79 Å². The molecule has 1 fully saturated rings. The van der Waals surface area contributed by atoms with Crippen LogP contribution in [0.3, 0.4) is 0 Å². The second kappa shape index (κ2) is 8.18. The van der Waals surface area contributed by atoms with Crippen molar-refractivity contribution in [2.24, 2.45) is 0 Å². The van der Waals surface area contributed by atoms with Crippen LogP contribution in [0.1, 0.15) is 40.5 Å². The van der Waals surface area contributed by atoms with Gasteiger partial charge in [-0.05, 0) is 49.6 Å². The molecular formula is C23H24FN3O3. The molecule has 1 aliphatic rings. The molecule has 1 aromatic heterocycles. The second-order valence-electron chi connectivity index (χ2n) is 7.28. The highest BCUT2D eigenvalue weighted by Gasteiger charge is 2.33. The fourth-order valence-electron chi connectivity index (χ4n) is 4.06. The van der Waals surface area contributed by atoms with Crippen molar-refractivity contribution in [3.05, 3.63) is 71.3 Å². The fraction of sp³-hybridized carbons (Fsp3) is 0.304. The topological polar surface area (TPSA) is 56.6 Å². The first kappa shape index (κ1) is 19.9. The Bertz CT molecular complexity index is 1080. The summed E-state index contributed by atoms with van der Waals surface area (Å²) in [5.74, 6) is 0.802. The van der Waals surface area contributed by atoms with E-state index in [4.69, 9.17) is 9.47 Å². The van der Waals surface area contributed by atoms with E-state index < -0.39 is 0 Å². The van der Waals surface area contributed by atoms with Gasteiger partial charge in [0.1, 0.15) is 11.5 Å². The minimum atomic E-state index is -0.382. The Morgan fingerprint density at radius 3 is 2.63 bits per heavy atom. The zero-order valence-electron chi connectivity index (χ0n) is 17.3. The largest absolute Gasteiger partial charge is 0.493 e. The van der Waals surface area contributed by atoms with Crippen LogP contribution in [0.5, 0.6) is 11.5 Å². The van der Waals surface area contributed by atoms with E-state index in [2.05, 4.69) is 5.10 Å². The van der Waals surface area contributed by atoms with Crippen molar-refractivity contribution in [2.45, 2.75) is 25.8 Å². The number of hydrogen-bond donors (Lipinski definition) is 0. The molecule has 0 N–H and O–H groups in total. The van der Waals surface area contributed by atoms with E-state index >= 15 is 0 Å². The summed E-state index contributed by atoms with van der Waals surface area (Å²) < 4.78 is 26.4. The maximum atomic E-state index is 14.2. The molecule has 0 spiro atoms. The van der Waals surface area contributed by atoms with E-state index in [1.54, 1.807) is 39.3 Å². The number of carbonyl (C=O) groups excluding carboxylic acids is 1. The highest BCUT2D eigenvalue weighted by atomic mass is 19.1. The number of carbonyl (C=O) groups is 1. The average molecular weight is 409 g/mol. The van der Waals surface area contributed by atoms with Crippen molar-refractivity contribution in [1.82, 2.24) is 14.7 Å². The molecule has 0 saturated carbocycles. The first-order chi connectivity index (χ1) is 14.5. The van der Waals surface area contributed by atoms with Crippen molar-refractivity contribution >= 4 is 5.91 Å². The Morgan fingerprint density at radius 2 is 1.90 bits per heavy atom. The summed E-state index contributed by atoms with van der Waals surface area (Å²) in [5, 5.41) is 4.28. The first-order valence-electron chi connectivity index (χ1n) is 9.87. The molecule has 1 unspecified atom stereocenters. The van der Waals surface area contributed by atoms with Gasteiger partial charge in [0.25, 0.3) is 5.91 Å². The van der Waals surface area contributed by atoms with Crippen LogP contribution in [0.4, 0.5) is 4.39 Å². The van der Waals surface area contributed by atoms with Gasteiger partial charge in [0.05, 0.1) is 37.7 Å². The van der Waals surface area contributed by atoms with Gasteiger partial charge in [-0.1, -0.05) is 18.2 Å². The molecule has 2 heterocycles. The van der Waals surface area contributed by atoms with Crippen LogP contribution >= 0.6 is 0 Å². The number of nitrogens with zero attached hydrogens (tertiary/aromatic N) is 3. The normalized spacial score (nSPS) is 16.0. The van der Waals surface area contributed by atoms with Crippen LogP contribution in [-0.2, 0) is 0 Å². The molecule has 1 saturated heterocycles. The summed E-state index contributed by atoms with van der Waals surface area (Å²) in [7, 11) is 3.19. The Balaban J connectivity index is 1.65. The molecule has 0 bridgehead atoms. The Kier molecular flexibility index (Phi) is 5.44. The third-order valence-electron chi connectivity index (χ3n) is 5.63. The smallest absolute Gasteiger partial charge is 0.257 e. The second-order valence-corrected chi connectivity index (χ2v) is 7.28. The first-order valence-corrected chi connectivity index (χ1v) is 9.87. The van der Waals surface area contributed by atoms with Gasteiger partial charge in [0.15, 0.2) is 11.5 Å². The van der Waals surface area contributed by atoms with E-state index in [0.717, 1.165) is 18.4 Å². The van der Waals surface area contributed by atoms with Crippen LogP contribution in [0.2, 0.25) is 0 Å². The van der Waals surface area contributed by atoms with Crippen molar-refractivity contribution in [2.75, 3.05) is 20.8 Å². The molecule has 6 nitrogen and oxygen atoms in total. The number of aromatic nitrogens is 2. The molecule has 1 aliphatic heterocycles. The number of likely N-dealkylation sites (tertiary alicyclic amines) is 1. The summed E-state index contributed by atoms with van der Waals surface area (Å²) in [4.78, 5) is 15.2. The van der Waals surface area contributed by atoms with E-state index in [1.165, 1.54) is 16.9 Å². The van der Waals surface area contributed by atoms with Crippen molar-refractivity contribution < 1.29 is 18.7 Å². The van der Waals surface area contributed by atoms with Crippen LogP contribution < -0.4 is 9.47 Å². The number of para-hydroxylation sites is 1. The van der Waals surface area contributed by atoms with Gasteiger partial charge in [0.2, 0.25) is 0 Å². The zero-order chi connectivity index (χ0) is 21.3. The predicted octanol–water partition coefficient (Wildman–Crippen LogP) is 4.31. The van der Waals surface area contributed by atoms with Crippen molar-refractivity contribution in [3.8, 4) is 17.2 Å². The van der Waals surface area contributed by atoms with Crippen LogP contribution in [0, 0.1) is 12.7 Å². The summed E-state index contributed by atoms with van der Waals surface area (Å²) >= 11 is 0. The van der Waals surface area contributed by atoms with Crippen molar-refractivity contribution in [1.29, 1.82) is 0 Å². The minimum absolute atomic E-state index is 0.0616. The van der Waals surface area contributed by atoms with Gasteiger partial charge < -0.3 is 14.4 Å². The quantitative estimate of drug-likeness (QED) is 0.630. The number of ether oxygens (including phenoxy) is 2. The SMILES string of the molecule is COc1ccc(C2CCCN2C(=O)c2cnn(-c3ccccc3F)c2C)cc1OC. The van der Waals surface area contributed by atoms with Gasteiger partial charge in [-0.2, -0.15) is 5.10 Å². The van der Waals surface area contributed by atoms with Gasteiger partial charge in [0, 0.05) is 6.54 Å². The summed E-state index contributed by atoms with van der Waals surface area (Å²) in [6.45, 7) is 2.44. The Labute approximate surface area is 174 Å².